The fraction of sp³-hybridized carbons (Fsp3) is 0.300. The fourth-order valence-electron chi connectivity index (χ4n) is 2.32. The summed E-state index contributed by atoms with van der Waals surface area (Å²) in [7, 11) is 0. The molecular formula is C20H24INO2. The van der Waals surface area contributed by atoms with Crippen LogP contribution in [0.3, 0.4) is 0 Å². The van der Waals surface area contributed by atoms with Gasteiger partial charge in [0.05, 0.1) is 10.2 Å². The van der Waals surface area contributed by atoms with Crippen molar-refractivity contribution in [3.05, 3.63) is 63.2 Å². The minimum Gasteiger partial charge on any atom is -0.490 e. The highest BCUT2D eigenvalue weighted by molar-refractivity contribution is 14.1. The van der Waals surface area contributed by atoms with E-state index in [9.17, 15) is 0 Å². The van der Waals surface area contributed by atoms with Gasteiger partial charge in [-0.15, -0.1) is 0 Å². The molecule has 2 aromatic rings. The molecule has 1 N–H and O–H groups in total. The average Bonchev–Trinajstić information content (AvgIpc) is 2.55. The summed E-state index contributed by atoms with van der Waals surface area (Å²) in [5, 5.41) is 3.47. The summed E-state index contributed by atoms with van der Waals surface area (Å²) in [5.74, 6) is 1.57. The van der Waals surface area contributed by atoms with Crippen molar-refractivity contribution in [2.75, 3.05) is 18.5 Å². The van der Waals surface area contributed by atoms with E-state index in [2.05, 4.69) is 72.6 Å². The van der Waals surface area contributed by atoms with Crippen LogP contribution >= 0.6 is 22.6 Å². The van der Waals surface area contributed by atoms with E-state index in [1.807, 2.05) is 13.0 Å². The third-order valence-electron chi connectivity index (χ3n) is 3.72. The molecule has 0 saturated carbocycles. The molecule has 2 rings (SSSR count). The molecule has 0 aliphatic heterocycles. The Hall–Kier alpha value is -1.69. The van der Waals surface area contributed by atoms with Crippen molar-refractivity contribution in [1.82, 2.24) is 0 Å². The number of benzene rings is 2. The first-order valence-corrected chi connectivity index (χ1v) is 9.13. The molecule has 0 fully saturated rings. The van der Waals surface area contributed by atoms with E-state index in [1.165, 1.54) is 11.1 Å². The number of anilines is 1. The number of halogens is 1. The second kappa shape index (κ2) is 8.97. The summed E-state index contributed by atoms with van der Waals surface area (Å²) in [4.78, 5) is 0. The van der Waals surface area contributed by atoms with Crippen LogP contribution in [0.5, 0.6) is 11.5 Å². The summed E-state index contributed by atoms with van der Waals surface area (Å²) in [6.45, 7) is 11.7. The smallest absolute Gasteiger partial charge is 0.174 e. The molecule has 0 bridgehead atoms. The molecule has 0 aliphatic carbocycles. The van der Waals surface area contributed by atoms with Crippen LogP contribution in [0.15, 0.2) is 43.0 Å². The Bertz CT molecular complexity index is 713. The van der Waals surface area contributed by atoms with Gasteiger partial charge in [0.2, 0.25) is 0 Å². The highest BCUT2D eigenvalue weighted by Crippen LogP contribution is 2.34. The van der Waals surface area contributed by atoms with Crippen molar-refractivity contribution in [2.45, 2.75) is 27.3 Å². The molecular weight excluding hydrogens is 413 g/mol. The fourth-order valence-corrected chi connectivity index (χ4v) is 3.15. The van der Waals surface area contributed by atoms with E-state index in [4.69, 9.17) is 9.47 Å². The average molecular weight is 437 g/mol. The Morgan fingerprint density at radius 2 is 1.92 bits per heavy atom. The molecule has 2 aromatic carbocycles. The van der Waals surface area contributed by atoms with Gasteiger partial charge in [0.1, 0.15) is 6.61 Å². The third kappa shape index (κ3) is 4.90. The molecule has 0 amide bonds. The summed E-state index contributed by atoms with van der Waals surface area (Å²) in [6, 6.07) is 10.6. The van der Waals surface area contributed by atoms with Gasteiger partial charge >= 0.3 is 0 Å². The highest BCUT2D eigenvalue weighted by Gasteiger charge is 2.12. The lowest BCUT2D eigenvalue weighted by atomic mass is 10.1. The summed E-state index contributed by atoms with van der Waals surface area (Å²) >= 11 is 2.29. The van der Waals surface area contributed by atoms with Gasteiger partial charge in [0.15, 0.2) is 11.5 Å². The van der Waals surface area contributed by atoms with E-state index in [-0.39, 0.29) is 0 Å². The minimum atomic E-state index is 0.469. The Kier molecular flexibility index (Phi) is 6.97. The molecule has 0 spiro atoms. The maximum absolute atomic E-state index is 5.75. The largest absolute Gasteiger partial charge is 0.490 e. The van der Waals surface area contributed by atoms with Gasteiger partial charge in [-0.2, -0.15) is 0 Å². The first kappa shape index (κ1) is 18.6. The van der Waals surface area contributed by atoms with Crippen LogP contribution in [-0.4, -0.2) is 13.2 Å². The van der Waals surface area contributed by atoms with Crippen molar-refractivity contribution in [3.63, 3.8) is 0 Å². The van der Waals surface area contributed by atoms with E-state index >= 15 is 0 Å². The molecule has 0 heterocycles. The second-order valence-corrected chi connectivity index (χ2v) is 6.75. The van der Waals surface area contributed by atoms with Gasteiger partial charge in [-0.05, 0) is 84.3 Å². The Morgan fingerprint density at radius 1 is 1.12 bits per heavy atom. The number of ether oxygens (including phenoxy) is 2. The van der Waals surface area contributed by atoms with Crippen LogP contribution < -0.4 is 14.8 Å². The number of hydrogen-bond acceptors (Lipinski definition) is 3. The van der Waals surface area contributed by atoms with Crippen molar-refractivity contribution < 1.29 is 9.47 Å². The Labute approximate surface area is 158 Å². The monoisotopic (exact) mass is 437 g/mol. The van der Waals surface area contributed by atoms with Gasteiger partial charge in [0.25, 0.3) is 0 Å². The van der Waals surface area contributed by atoms with Gasteiger partial charge in [-0.25, -0.2) is 0 Å². The molecule has 3 nitrogen and oxygen atoms in total. The molecule has 0 saturated heterocycles. The van der Waals surface area contributed by atoms with Crippen molar-refractivity contribution in [3.8, 4) is 11.5 Å². The van der Waals surface area contributed by atoms with Crippen LogP contribution in [0.25, 0.3) is 0 Å². The van der Waals surface area contributed by atoms with E-state index in [1.54, 1.807) is 6.08 Å². The predicted octanol–water partition coefficient (Wildman–Crippen LogP) is 5.48. The number of hydrogen-bond donors (Lipinski definition) is 1. The topological polar surface area (TPSA) is 30.5 Å². The van der Waals surface area contributed by atoms with Crippen LogP contribution in [0.2, 0.25) is 0 Å². The van der Waals surface area contributed by atoms with E-state index < -0.39 is 0 Å². The zero-order valence-electron chi connectivity index (χ0n) is 14.5. The van der Waals surface area contributed by atoms with Crippen molar-refractivity contribution in [1.29, 1.82) is 0 Å². The first-order valence-electron chi connectivity index (χ1n) is 8.05. The van der Waals surface area contributed by atoms with Gasteiger partial charge in [0, 0.05) is 12.2 Å². The zero-order valence-corrected chi connectivity index (χ0v) is 16.6. The van der Waals surface area contributed by atoms with E-state index in [0.717, 1.165) is 32.9 Å². The minimum absolute atomic E-state index is 0.469. The Morgan fingerprint density at radius 3 is 2.58 bits per heavy atom. The van der Waals surface area contributed by atoms with E-state index in [0.29, 0.717) is 13.2 Å². The summed E-state index contributed by atoms with van der Waals surface area (Å²) in [5.41, 5.74) is 4.88. The standard InChI is InChI=1S/C20H24INO2/c1-5-9-24-20-18(21)11-16(12-19(20)23-6-2)13-22-17-8-7-14(3)15(4)10-17/h5,7-8,10-12,22H,1,6,9,13H2,2-4H3. The van der Waals surface area contributed by atoms with Crippen LogP contribution in [0, 0.1) is 17.4 Å². The van der Waals surface area contributed by atoms with Gasteiger partial charge < -0.3 is 14.8 Å². The molecule has 128 valence electrons. The lowest BCUT2D eigenvalue weighted by Gasteiger charge is -2.15. The van der Waals surface area contributed by atoms with Gasteiger partial charge in [-0.3, -0.25) is 0 Å². The predicted molar refractivity (Wildman–Crippen MR) is 109 cm³/mol. The number of nitrogens with one attached hydrogen (secondary N) is 1. The number of aryl methyl sites for hydroxylation is 2. The van der Waals surface area contributed by atoms with Crippen molar-refractivity contribution >= 4 is 28.3 Å². The van der Waals surface area contributed by atoms with Crippen LogP contribution in [0.4, 0.5) is 5.69 Å². The summed E-state index contributed by atoms with van der Waals surface area (Å²) in [6.07, 6.45) is 1.74. The lowest BCUT2D eigenvalue weighted by Crippen LogP contribution is -2.05. The zero-order chi connectivity index (χ0) is 17.5. The SMILES string of the molecule is C=CCOc1c(I)cc(CNc2ccc(C)c(C)c2)cc1OCC. The van der Waals surface area contributed by atoms with Crippen LogP contribution in [0.1, 0.15) is 23.6 Å². The molecule has 0 radical (unpaired) electrons. The Balaban J connectivity index is 2.17. The van der Waals surface area contributed by atoms with Gasteiger partial charge in [-0.1, -0.05) is 18.7 Å². The number of rotatable bonds is 8. The molecule has 24 heavy (non-hydrogen) atoms. The third-order valence-corrected chi connectivity index (χ3v) is 4.52. The maximum atomic E-state index is 5.75. The molecule has 0 aliphatic rings. The quantitative estimate of drug-likeness (QED) is 0.438. The highest BCUT2D eigenvalue weighted by atomic mass is 127. The normalized spacial score (nSPS) is 10.3. The van der Waals surface area contributed by atoms with Crippen LogP contribution in [-0.2, 0) is 6.54 Å². The molecule has 0 unspecified atom stereocenters. The maximum Gasteiger partial charge on any atom is 0.174 e. The molecule has 4 heteroatoms. The first-order chi connectivity index (χ1) is 11.5. The second-order valence-electron chi connectivity index (χ2n) is 5.59. The summed E-state index contributed by atoms with van der Waals surface area (Å²) < 4.78 is 12.5. The molecule has 0 aromatic heterocycles. The molecule has 0 atom stereocenters. The lowest BCUT2D eigenvalue weighted by molar-refractivity contribution is 0.295. The van der Waals surface area contributed by atoms with Crippen molar-refractivity contribution in [2.24, 2.45) is 0 Å².